The molecule has 2 N–H and O–H groups in total. The summed E-state index contributed by atoms with van der Waals surface area (Å²) < 4.78 is 5.38. The number of ether oxygens (including phenoxy) is 1. The van der Waals surface area contributed by atoms with Gasteiger partial charge in [0.1, 0.15) is 17.7 Å². The van der Waals surface area contributed by atoms with Gasteiger partial charge >= 0.3 is 6.09 Å². The minimum Gasteiger partial charge on any atom is -0.444 e. The van der Waals surface area contributed by atoms with Gasteiger partial charge in [-0.2, -0.15) is 0 Å². The molecule has 3 unspecified atom stereocenters. The molecular weight excluding hydrogens is 406 g/mol. The van der Waals surface area contributed by atoms with Crippen molar-refractivity contribution in [2.75, 3.05) is 6.54 Å². The SMILES string of the molecule is CCC(C)C(NC(=O)OC(C)(C)C)C(=O)N(CC)C(C(=O)NC(C)C)c1ccc(C)cc1. The molecule has 0 radical (unpaired) electrons. The summed E-state index contributed by atoms with van der Waals surface area (Å²) in [5, 5.41) is 5.68. The quantitative estimate of drug-likeness (QED) is 0.589. The van der Waals surface area contributed by atoms with E-state index in [1.807, 2.05) is 65.8 Å². The largest absolute Gasteiger partial charge is 0.444 e. The summed E-state index contributed by atoms with van der Waals surface area (Å²) in [5.74, 6) is -0.702. The molecule has 0 heterocycles. The Kier molecular flexibility index (Phi) is 10.2. The molecule has 0 aliphatic carbocycles. The first kappa shape index (κ1) is 27.5. The van der Waals surface area contributed by atoms with Gasteiger partial charge in [0.2, 0.25) is 11.8 Å². The number of alkyl carbamates (subject to hydrolysis) is 1. The van der Waals surface area contributed by atoms with Crippen LogP contribution in [0.15, 0.2) is 24.3 Å². The van der Waals surface area contributed by atoms with Crippen molar-refractivity contribution in [1.82, 2.24) is 15.5 Å². The zero-order chi connectivity index (χ0) is 24.6. The second-order valence-electron chi connectivity index (χ2n) is 9.61. The van der Waals surface area contributed by atoms with E-state index in [9.17, 15) is 14.4 Å². The Morgan fingerprint density at radius 2 is 1.56 bits per heavy atom. The topological polar surface area (TPSA) is 87.7 Å². The number of hydrogen-bond acceptors (Lipinski definition) is 4. The van der Waals surface area contributed by atoms with Crippen molar-refractivity contribution >= 4 is 17.9 Å². The highest BCUT2D eigenvalue weighted by molar-refractivity contribution is 5.92. The van der Waals surface area contributed by atoms with Crippen molar-refractivity contribution in [2.24, 2.45) is 5.92 Å². The van der Waals surface area contributed by atoms with Gasteiger partial charge in [0.25, 0.3) is 0 Å². The van der Waals surface area contributed by atoms with Crippen LogP contribution in [0.3, 0.4) is 0 Å². The Hall–Kier alpha value is -2.57. The zero-order valence-corrected chi connectivity index (χ0v) is 21.1. The van der Waals surface area contributed by atoms with E-state index >= 15 is 0 Å². The summed E-state index contributed by atoms with van der Waals surface area (Å²) in [6.07, 6.45) is 0.0302. The Balaban J connectivity index is 3.34. The second-order valence-corrected chi connectivity index (χ2v) is 9.61. The highest BCUT2D eigenvalue weighted by Crippen LogP contribution is 2.25. The Bertz CT molecular complexity index is 768. The first-order chi connectivity index (χ1) is 14.8. The molecule has 0 saturated carbocycles. The standard InChI is InChI=1S/C25H41N3O4/c1-10-18(6)20(27-24(31)32-25(7,8)9)23(30)28(11-2)21(22(29)26-16(3)4)19-14-12-17(5)13-15-19/h12-16,18,20-21H,10-11H2,1-9H3,(H,26,29)(H,27,31). The van der Waals surface area contributed by atoms with E-state index in [2.05, 4.69) is 10.6 Å². The highest BCUT2D eigenvalue weighted by atomic mass is 16.6. The van der Waals surface area contributed by atoms with Gasteiger partial charge in [-0.15, -0.1) is 0 Å². The van der Waals surface area contributed by atoms with E-state index in [-0.39, 0.29) is 23.8 Å². The molecule has 3 amide bonds. The fraction of sp³-hybridized carbons (Fsp3) is 0.640. The lowest BCUT2D eigenvalue weighted by atomic mass is 9.95. The predicted octanol–water partition coefficient (Wildman–Crippen LogP) is 4.35. The van der Waals surface area contributed by atoms with Crippen molar-refractivity contribution < 1.29 is 19.1 Å². The van der Waals surface area contributed by atoms with Crippen LogP contribution in [0.1, 0.15) is 79.0 Å². The lowest BCUT2D eigenvalue weighted by Crippen LogP contribution is -2.55. The number of aryl methyl sites for hydroxylation is 1. The number of nitrogens with zero attached hydrogens (tertiary/aromatic N) is 1. The molecule has 1 aromatic carbocycles. The minimum atomic E-state index is -0.811. The lowest BCUT2D eigenvalue weighted by Gasteiger charge is -2.35. The molecular formula is C25H41N3O4. The predicted molar refractivity (Wildman–Crippen MR) is 127 cm³/mol. The molecule has 180 valence electrons. The smallest absolute Gasteiger partial charge is 0.408 e. The molecule has 32 heavy (non-hydrogen) atoms. The summed E-state index contributed by atoms with van der Waals surface area (Å²) in [7, 11) is 0. The number of nitrogens with one attached hydrogen (secondary N) is 2. The molecule has 0 bridgehead atoms. The van der Waals surface area contributed by atoms with Gasteiger partial charge < -0.3 is 20.3 Å². The summed E-state index contributed by atoms with van der Waals surface area (Å²) >= 11 is 0. The van der Waals surface area contributed by atoms with E-state index in [0.29, 0.717) is 13.0 Å². The van der Waals surface area contributed by atoms with Gasteiger partial charge in [0.15, 0.2) is 0 Å². The summed E-state index contributed by atoms with van der Waals surface area (Å²) in [6.45, 7) is 17.1. The van der Waals surface area contributed by atoms with Gasteiger partial charge in [-0.3, -0.25) is 9.59 Å². The van der Waals surface area contributed by atoms with Gasteiger partial charge in [-0.05, 0) is 59.9 Å². The maximum atomic E-state index is 13.7. The van der Waals surface area contributed by atoms with Crippen molar-refractivity contribution in [3.8, 4) is 0 Å². The van der Waals surface area contributed by atoms with E-state index in [1.165, 1.54) is 4.90 Å². The molecule has 7 heteroatoms. The maximum absolute atomic E-state index is 13.7. The minimum absolute atomic E-state index is 0.0745. The Morgan fingerprint density at radius 3 is 2.00 bits per heavy atom. The Labute approximate surface area is 193 Å². The molecule has 0 fully saturated rings. The van der Waals surface area contributed by atoms with Crippen molar-refractivity contribution in [2.45, 2.75) is 92.5 Å². The van der Waals surface area contributed by atoms with Crippen LogP contribution in [0.25, 0.3) is 0 Å². The molecule has 1 rings (SSSR count). The summed E-state index contributed by atoms with van der Waals surface area (Å²) in [5.41, 5.74) is 1.11. The molecule has 0 spiro atoms. The van der Waals surface area contributed by atoms with Crippen LogP contribution in [0.4, 0.5) is 4.79 Å². The number of likely N-dealkylation sites (N-methyl/N-ethyl adjacent to an activating group) is 1. The molecule has 0 aromatic heterocycles. The lowest BCUT2D eigenvalue weighted by molar-refractivity contribution is -0.143. The first-order valence-corrected chi connectivity index (χ1v) is 11.5. The van der Waals surface area contributed by atoms with Crippen LogP contribution in [0.5, 0.6) is 0 Å². The van der Waals surface area contributed by atoms with Gasteiger partial charge in [0, 0.05) is 12.6 Å². The molecule has 0 aliphatic rings. The number of rotatable bonds is 9. The van der Waals surface area contributed by atoms with Crippen LogP contribution in [-0.4, -0.2) is 47.0 Å². The average molecular weight is 448 g/mol. The van der Waals surface area contributed by atoms with Crippen LogP contribution in [0.2, 0.25) is 0 Å². The summed E-state index contributed by atoms with van der Waals surface area (Å²) in [4.78, 5) is 40.9. The van der Waals surface area contributed by atoms with E-state index in [1.54, 1.807) is 20.8 Å². The van der Waals surface area contributed by atoms with E-state index in [0.717, 1.165) is 11.1 Å². The fourth-order valence-electron chi connectivity index (χ4n) is 3.35. The zero-order valence-electron chi connectivity index (χ0n) is 21.1. The van der Waals surface area contributed by atoms with Crippen LogP contribution >= 0.6 is 0 Å². The van der Waals surface area contributed by atoms with Crippen LogP contribution in [0, 0.1) is 12.8 Å². The van der Waals surface area contributed by atoms with Gasteiger partial charge in [-0.1, -0.05) is 50.1 Å². The molecule has 0 saturated heterocycles. The van der Waals surface area contributed by atoms with Gasteiger partial charge in [-0.25, -0.2) is 4.79 Å². The normalized spacial score (nSPS) is 14.3. The first-order valence-electron chi connectivity index (χ1n) is 11.5. The number of amides is 3. The van der Waals surface area contributed by atoms with Crippen molar-refractivity contribution in [3.63, 3.8) is 0 Å². The monoisotopic (exact) mass is 447 g/mol. The summed E-state index contributed by atoms with van der Waals surface area (Å²) in [6, 6.07) is 5.90. The van der Waals surface area contributed by atoms with Crippen LogP contribution in [-0.2, 0) is 14.3 Å². The second kappa shape index (κ2) is 11.9. The molecule has 0 aliphatic heterocycles. The average Bonchev–Trinajstić information content (AvgIpc) is 2.68. The fourth-order valence-corrected chi connectivity index (χ4v) is 3.35. The third kappa shape index (κ3) is 8.17. The van der Waals surface area contributed by atoms with Crippen molar-refractivity contribution in [3.05, 3.63) is 35.4 Å². The van der Waals surface area contributed by atoms with Gasteiger partial charge in [0.05, 0.1) is 0 Å². The number of carbonyl (C=O) groups is 3. The highest BCUT2D eigenvalue weighted by Gasteiger charge is 2.37. The van der Waals surface area contributed by atoms with E-state index in [4.69, 9.17) is 4.74 Å². The number of carbonyl (C=O) groups excluding carboxylic acids is 3. The van der Waals surface area contributed by atoms with Crippen LogP contribution < -0.4 is 10.6 Å². The number of hydrogen-bond donors (Lipinski definition) is 2. The molecule has 3 atom stereocenters. The third-order valence-electron chi connectivity index (χ3n) is 5.16. The number of benzene rings is 1. The maximum Gasteiger partial charge on any atom is 0.408 e. The van der Waals surface area contributed by atoms with E-state index < -0.39 is 23.8 Å². The molecule has 7 nitrogen and oxygen atoms in total. The van der Waals surface area contributed by atoms with Crippen molar-refractivity contribution in [1.29, 1.82) is 0 Å². The molecule has 1 aromatic rings. The third-order valence-corrected chi connectivity index (χ3v) is 5.16. The Morgan fingerprint density at radius 1 is 1.00 bits per heavy atom.